The Bertz CT molecular complexity index is 415. The molecule has 2 rings (SSSR count). The minimum Gasteiger partial charge on any atom is -0.490 e. The first-order chi connectivity index (χ1) is 8.20. The van der Waals surface area contributed by atoms with Gasteiger partial charge in [0.2, 0.25) is 0 Å². The summed E-state index contributed by atoms with van der Waals surface area (Å²) in [6, 6.07) is 2.63. The molecule has 0 amide bonds. The van der Waals surface area contributed by atoms with Crippen molar-refractivity contribution in [2.45, 2.75) is 26.3 Å². The molecule has 1 aliphatic heterocycles. The first kappa shape index (κ1) is 12.1. The van der Waals surface area contributed by atoms with Gasteiger partial charge in [-0.15, -0.1) is 0 Å². The summed E-state index contributed by atoms with van der Waals surface area (Å²) in [5.41, 5.74) is 2.17. The Labute approximate surface area is 103 Å². The number of hydrogen-bond donors (Lipinski definition) is 0. The number of pyridine rings is 1. The van der Waals surface area contributed by atoms with E-state index in [-0.39, 0.29) is 0 Å². The highest BCUT2D eigenvalue weighted by Gasteiger charge is 2.24. The first-order valence-corrected chi connectivity index (χ1v) is 6.13. The predicted molar refractivity (Wildman–Crippen MR) is 70.2 cm³/mol. The van der Waals surface area contributed by atoms with Gasteiger partial charge in [0.15, 0.2) is 0 Å². The molecule has 3 nitrogen and oxygen atoms in total. The van der Waals surface area contributed by atoms with Gasteiger partial charge in [0, 0.05) is 11.7 Å². The van der Waals surface area contributed by atoms with Crippen molar-refractivity contribution in [2.24, 2.45) is 0 Å². The largest absolute Gasteiger partial charge is 0.490 e. The number of ether oxygens (including phenoxy) is 1. The number of aromatic nitrogens is 1. The Hall–Kier alpha value is -1.35. The maximum absolute atomic E-state index is 5.78. The van der Waals surface area contributed by atoms with Crippen molar-refractivity contribution in [1.29, 1.82) is 0 Å². The van der Waals surface area contributed by atoms with Gasteiger partial charge in [-0.3, -0.25) is 9.88 Å². The number of likely N-dealkylation sites (N-methyl/N-ethyl adjacent to an activating group) is 1. The maximum Gasteiger partial charge on any atom is 0.138 e. The molecule has 1 aliphatic rings. The summed E-state index contributed by atoms with van der Waals surface area (Å²) in [5.74, 6) is 0.865. The van der Waals surface area contributed by atoms with Gasteiger partial charge in [0.25, 0.3) is 0 Å². The number of likely N-dealkylation sites (tertiary alicyclic amines) is 1. The SMILES string of the molecule is C/C=C/c1cc(OCC2CCN2C)cnc1C. The molecule has 0 bridgehead atoms. The van der Waals surface area contributed by atoms with E-state index in [0.29, 0.717) is 6.04 Å². The van der Waals surface area contributed by atoms with E-state index >= 15 is 0 Å². The van der Waals surface area contributed by atoms with Crippen LogP contribution < -0.4 is 4.74 Å². The van der Waals surface area contributed by atoms with Crippen molar-refractivity contribution in [2.75, 3.05) is 20.2 Å². The first-order valence-electron chi connectivity index (χ1n) is 6.13. The van der Waals surface area contributed by atoms with Crippen LogP contribution in [0, 0.1) is 6.92 Å². The summed E-state index contributed by atoms with van der Waals surface area (Å²) < 4.78 is 5.78. The Morgan fingerprint density at radius 1 is 1.59 bits per heavy atom. The zero-order chi connectivity index (χ0) is 12.3. The molecule has 1 saturated heterocycles. The second-order valence-electron chi connectivity index (χ2n) is 4.58. The van der Waals surface area contributed by atoms with Crippen LogP contribution in [0.4, 0.5) is 0 Å². The summed E-state index contributed by atoms with van der Waals surface area (Å²) in [5, 5.41) is 0. The third-order valence-electron chi connectivity index (χ3n) is 3.33. The quantitative estimate of drug-likeness (QED) is 0.797. The smallest absolute Gasteiger partial charge is 0.138 e. The minimum atomic E-state index is 0.571. The van der Waals surface area contributed by atoms with Crippen molar-refractivity contribution < 1.29 is 4.74 Å². The van der Waals surface area contributed by atoms with E-state index in [9.17, 15) is 0 Å². The van der Waals surface area contributed by atoms with E-state index < -0.39 is 0 Å². The predicted octanol–water partition coefficient (Wildman–Crippen LogP) is 2.51. The lowest BCUT2D eigenvalue weighted by Gasteiger charge is -2.37. The Morgan fingerprint density at radius 2 is 2.41 bits per heavy atom. The van der Waals surface area contributed by atoms with E-state index in [2.05, 4.69) is 29.1 Å². The second-order valence-corrected chi connectivity index (χ2v) is 4.58. The van der Waals surface area contributed by atoms with Gasteiger partial charge >= 0.3 is 0 Å². The van der Waals surface area contributed by atoms with E-state index in [1.165, 1.54) is 13.0 Å². The average molecular weight is 232 g/mol. The molecule has 1 fully saturated rings. The summed E-state index contributed by atoms with van der Waals surface area (Å²) >= 11 is 0. The van der Waals surface area contributed by atoms with Gasteiger partial charge in [-0.05, 0) is 45.5 Å². The molecule has 0 aromatic carbocycles. The van der Waals surface area contributed by atoms with Crippen LogP contribution in [0.15, 0.2) is 18.3 Å². The van der Waals surface area contributed by atoms with Gasteiger partial charge in [0.05, 0.1) is 6.20 Å². The molecule has 1 atom stereocenters. The molecule has 0 aliphatic carbocycles. The van der Waals surface area contributed by atoms with Crippen LogP contribution in [-0.4, -0.2) is 36.1 Å². The lowest BCUT2D eigenvalue weighted by molar-refractivity contribution is 0.0767. The van der Waals surface area contributed by atoms with Crippen molar-refractivity contribution in [1.82, 2.24) is 9.88 Å². The summed E-state index contributed by atoms with van der Waals surface area (Å²) in [4.78, 5) is 6.66. The number of allylic oxidation sites excluding steroid dienone is 1. The van der Waals surface area contributed by atoms with Crippen LogP contribution >= 0.6 is 0 Å². The molecule has 92 valence electrons. The molecule has 0 N–H and O–H groups in total. The van der Waals surface area contributed by atoms with Crippen LogP contribution in [0.1, 0.15) is 24.6 Å². The molecule has 2 heterocycles. The van der Waals surface area contributed by atoms with Gasteiger partial charge in [0.1, 0.15) is 12.4 Å². The second kappa shape index (κ2) is 5.32. The Kier molecular flexibility index (Phi) is 3.79. The topological polar surface area (TPSA) is 25.4 Å². The van der Waals surface area contributed by atoms with E-state index in [0.717, 1.165) is 23.6 Å². The summed E-state index contributed by atoms with van der Waals surface area (Å²) in [6.07, 6.45) is 7.12. The molecule has 1 unspecified atom stereocenters. The zero-order valence-corrected chi connectivity index (χ0v) is 10.8. The number of nitrogens with zero attached hydrogens (tertiary/aromatic N) is 2. The zero-order valence-electron chi connectivity index (χ0n) is 10.8. The lowest BCUT2D eigenvalue weighted by Crippen LogP contribution is -2.48. The molecular weight excluding hydrogens is 212 g/mol. The van der Waals surface area contributed by atoms with Crippen LogP contribution in [0.3, 0.4) is 0 Å². The van der Waals surface area contributed by atoms with E-state index in [1.54, 1.807) is 6.20 Å². The molecule has 3 heteroatoms. The van der Waals surface area contributed by atoms with E-state index in [4.69, 9.17) is 4.74 Å². The van der Waals surface area contributed by atoms with Crippen LogP contribution in [0.5, 0.6) is 5.75 Å². The normalized spacial score (nSPS) is 20.5. The number of aryl methyl sites for hydroxylation is 1. The highest BCUT2D eigenvalue weighted by Crippen LogP contribution is 2.19. The summed E-state index contributed by atoms with van der Waals surface area (Å²) in [7, 11) is 2.14. The molecule has 0 radical (unpaired) electrons. The fraction of sp³-hybridized carbons (Fsp3) is 0.500. The van der Waals surface area contributed by atoms with Crippen molar-refractivity contribution in [3.05, 3.63) is 29.6 Å². The lowest BCUT2D eigenvalue weighted by atomic mass is 10.1. The van der Waals surface area contributed by atoms with Gasteiger partial charge in [-0.25, -0.2) is 0 Å². The van der Waals surface area contributed by atoms with Crippen LogP contribution in [0.2, 0.25) is 0 Å². The molecular formula is C14H20N2O. The average Bonchev–Trinajstić information content (AvgIpc) is 2.32. The highest BCUT2D eigenvalue weighted by atomic mass is 16.5. The third-order valence-corrected chi connectivity index (χ3v) is 3.33. The third kappa shape index (κ3) is 2.86. The molecule has 0 saturated carbocycles. The minimum absolute atomic E-state index is 0.571. The van der Waals surface area contributed by atoms with Gasteiger partial charge in [-0.2, -0.15) is 0 Å². The molecule has 1 aromatic heterocycles. The molecule has 1 aromatic rings. The summed E-state index contributed by atoms with van der Waals surface area (Å²) in [6.45, 7) is 5.97. The fourth-order valence-electron chi connectivity index (χ4n) is 1.93. The molecule has 17 heavy (non-hydrogen) atoms. The van der Waals surface area contributed by atoms with Gasteiger partial charge < -0.3 is 4.74 Å². The highest BCUT2D eigenvalue weighted by molar-refractivity contribution is 5.53. The number of rotatable bonds is 4. The van der Waals surface area contributed by atoms with E-state index in [1.807, 2.05) is 19.9 Å². The fourth-order valence-corrected chi connectivity index (χ4v) is 1.93. The van der Waals surface area contributed by atoms with Gasteiger partial charge in [-0.1, -0.05) is 12.2 Å². The van der Waals surface area contributed by atoms with Crippen molar-refractivity contribution in [3.63, 3.8) is 0 Å². The van der Waals surface area contributed by atoms with Crippen molar-refractivity contribution in [3.8, 4) is 5.75 Å². The molecule has 0 spiro atoms. The van der Waals surface area contributed by atoms with Crippen molar-refractivity contribution >= 4 is 6.08 Å². The van der Waals surface area contributed by atoms with Crippen LogP contribution in [0.25, 0.3) is 6.08 Å². The standard InChI is InChI=1S/C14H20N2O/c1-4-5-12-8-14(9-15-11(12)2)17-10-13-6-7-16(13)3/h4-5,8-9,13H,6-7,10H2,1-3H3/b5-4+. The van der Waals surface area contributed by atoms with Crippen LogP contribution in [-0.2, 0) is 0 Å². The maximum atomic E-state index is 5.78. The Balaban J connectivity index is 1.98. The monoisotopic (exact) mass is 232 g/mol. The number of hydrogen-bond acceptors (Lipinski definition) is 3. The Morgan fingerprint density at radius 3 is 3.00 bits per heavy atom.